The average molecular weight is 308 g/mol. The van der Waals surface area contributed by atoms with Gasteiger partial charge in [0.2, 0.25) is 5.91 Å². The molecule has 0 fully saturated rings. The molecule has 1 heterocycles. The molecule has 2 N–H and O–H groups in total. The van der Waals surface area contributed by atoms with Gasteiger partial charge in [-0.25, -0.2) is 9.37 Å². The number of aliphatic hydroxyl groups excluding tert-OH is 1. The molecule has 0 saturated carbocycles. The third-order valence-electron chi connectivity index (χ3n) is 3.11. The van der Waals surface area contributed by atoms with Crippen molar-refractivity contribution < 1.29 is 14.3 Å². The second-order valence-electron chi connectivity index (χ2n) is 4.67. The molecule has 0 aliphatic carbocycles. The van der Waals surface area contributed by atoms with Crippen LogP contribution in [0.15, 0.2) is 35.8 Å². The molecule has 2 atom stereocenters. The van der Waals surface area contributed by atoms with E-state index in [0.29, 0.717) is 5.56 Å². The van der Waals surface area contributed by atoms with Gasteiger partial charge in [0, 0.05) is 11.6 Å². The topological polar surface area (TPSA) is 62.2 Å². The van der Waals surface area contributed by atoms with Gasteiger partial charge in [0.25, 0.3) is 0 Å². The van der Waals surface area contributed by atoms with Crippen molar-refractivity contribution in [3.05, 3.63) is 52.2 Å². The minimum Gasteiger partial charge on any atom is -0.388 e. The first-order valence-corrected chi connectivity index (χ1v) is 7.60. The van der Waals surface area contributed by atoms with Crippen LogP contribution in [0.4, 0.5) is 4.39 Å². The highest BCUT2D eigenvalue weighted by molar-refractivity contribution is 7.09. The van der Waals surface area contributed by atoms with Gasteiger partial charge in [-0.05, 0) is 24.1 Å². The van der Waals surface area contributed by atoms with E-state index in [1.807, 2.05) is 12.3 Å². The summed E-state index contributed by atoms with van der Waals surface area (Å²) in [6.07, 6.45) is 1.28. The maximum absolute atomic E-state index is 13.1. The van der Waals surface area contributed by atoms with Crippen molar-refractivity contribution in [3.8, 4) is 0 Å². The molecule has 4 nitrogen and oxygen atoms in total. The highest BCUT2D eigenvalue weighted by atomic mass is 32.1. The van der Waals surface area contributed by atoms with Crippen LogP contribution in [0.3, 0.4) is 0 Å². The summed E-state index contributed by atoms with van der Waals surface area (Å²) in [4.78, 5) is 16.2. The maximum atomic E-state index is 13.1. The maximum Gasteiger partial charge on any atom is 0.223 e. The Bertz CT molecular complexity index is 589. The summed E-state index contributed by atoms with van der Waals surface area (Å²) < 4.78 is 13.1. The summed E-state index contributed by atoms with van der Waals surface area (Å²) in [5, 5.41) is 15.5. The predicted molar refractivity (Wildman–Crippen MR) is 79.3 cm³/mol. The zero-order valence-electron chi connectivity index (χ0n) is 11.6. The van der Waals surface area contributed by atoms with Crippen LogP contribution in [0.25, 0.3) is 0 Å². The molecular formula is C15H17FN2O2S. The minimum atomic E-state index is -1.02. The minimum absolute atomic E-state index is 0.106. The molecule has 0 radical (unpaired) electrons. The number of rotatable bonds is 6. The number of halogens is 1. The second kappa shape index (κ2) is 7.28. The first kappa shape index (κ1) is 15.6. The molecular weight excluding hydrogens is 291 g/mol. The lowest BCUT2D eigenvalue weighted by molar-refractivity contribution is -0.123. The summed E-state index contributed by atoms with van der Waals surface area (Å²) in [5.74, 6) is -0.713. The van der Waals surface area contributed by atoms with Gasteiger partial charge in [0.05, 0.1) is 18.6 Å². The Kier molecular flexibility index (Phi) is 5.41. The van der Waals surface area contributed by atoms with Crippen LogP contribution < -0.4 is 5.32 Å². The zero-order chi connectivity index (χ0) is 15.2. The average Bonchev–Trinajstić information content (AvgIpc) is 2.98. The first-order chi connectivity index (χ1) is 10.1. The summed E-state index contributed by atoms with van der Waals surface area (Å²) in [5.41, 5.74) is 0.396. The predicted octanol–water partition coefficient (Wildman–Crippen LogP) is 2.97. The Morgan fingerprint density at radius 3 is 2.95 bits per heavy atom. The largest absolute Gasteiger partial charge is 0.388 e. The van der Waals surface area contributed by atoms with Crippen molar-refractivity contribution >= 4 is 17.2 Å². The number of hydrogen-bond acceptors (Lipinski definition) is 4. The number of amides is 1. The number of thiazole rings is 1. The SMILES string of the molecule is CCC(NC(=O)CC(O)c1cccc(F)c1)c1nccs1. The van der Waals surface area contributed by atoms with Gasteiger partial charge in [-0.3, -0.25) is 4.79 Å². The van der Waals surface area contributed by atoms with E-state index in [9.17, 15) is 14.3 Å². The van der Waals surface area contributed by atoms with E-state index in [1.165, 1.54) is 29.5 Å². The van der Waals surface area contributed by atoms with Gasteiger partial charge in [0.1, 0.15) is 10.8 Å². The Hall–Kier alpha value is -1.79. The van der Waals surface area contributed by atoms with E-state index in [4.69, 9.17) is 0 Å². The molecule has 6 heteroatoms. The van der Waals surface area contributed by atoms with E-state index >= 15 is 0 Å². The fourth-order valence-electron chi connectivity index (χ4n) is 2.01. The third kappa shape index (κ3) is 4.34. The number of benzene rings is 1. The normalized spacial score (nSPS) is 13.7. The summed E-state index contributed by atoms with van der Waals surface area (Å²) in [6.45, 7) is 1.95. The van der Waals surface area contributed by atoms with E-state index in [-0.39, 0.29) is 18.4 Å². The lowest BCUT2D eigenvalue weighted by Gasteiger charge is -2.16. The molecule has 112 valence electrons. The van der Waals surface area contributed by atoms with Crippen molar-refractivity contribution in [1.82, 2.24) is 10.3 Å². The fraction of sp³-hybridized carbons (Fsp3) is 0.333. The number of nitrogens with zero attached hydrogens (tertiary/aromatic N) is 1. The number of carbonyl (C=O) groups is 1. The lowest BCUT2D eigenvalue weighted by Crippen LogP contribution is -2.29. The van der Waals surface area contributed by atoms with Crippen LogP contribution in [-0.2, 0) is 4.79 Å². The number of carbonyl (C=O) groups excluding carboxylic acids is 1. The lowest BCUT2D eigenvalue weighted by atomic mass is 10.1. The number of hydrogen-bond donors (Lipinski definition) is 2. The van der Waals surface area contributed by atoms with Crippen molar-refractivity contribution in [2.75, 3.05) is 0 Å². The summed E-state index contributed by atoms with van der Waals surface area (Å²) in [6, 6.07) is 5.48. The molecule has 2 unspecified atom stereocenters. The number of nitrogens with one attached hydrogen (secondary N) is 1. The molecule has 2 rings (SSSR count). The highest BCUT2D eigenvalue weighted by Gasteiger charge is 2.18. The van der Waals surface area contributed by atoms with Gasteiger partial charge < -0.3 is 10.4 Å². The zero-order valence-corrected chi connectivity index (χ0v) is 12.4. The van der Waals surface area contributed by atoms with Gasteiger partial charge in [-0.1, -0.05) is 19.1 Å². The monoisotopic (exact) mass is 308 g/mol. The molecule has 1 amide bonds. The molecule has 0 bridgehead atoms. The van der Waals surface area contributed by atoms with Crippen molar-refractivity contribution in [2.45, 2.75) is 31.9 Å². The van der Waals surface area contributed by atoms with Crippen LogP contribution in [-0.4, -0.2) is 16.0 Å². The first-order valence-electron chi connectivity index (χ1n) is 6.72. The van der Waals surface area contributed by atoms with E-state index < -0.39 is 11.9 Å². The molecule has 0 saturated heterocycles. The van der Waals surface area contributed by atoms with E-state index in [1.54, 1.807) is 12.3 Å². The summed E-state index contributed by atoms with van der Waals surface area (Å²) in [7, 11) is 0. The van der Waals surface area contributed by atoms with E-state index in [0.717, 1.165) is 11.4 Å². The second-order valence-corrected chi connectivity index (χ2v) is 5.60. The standard InChI is InChI=1S/C15H17FN2O2S/c1-2-12(15-17-6-7-21-15)18-14(20)9-13(19)10-4-3-5-11(16)8-10/h3-8,12-13,19H,2,9H2,1H3,(H,18,20). The van der Waals surface area contributed by atoms with Gasteiger partial charge in [0.15, 0.2) is 0 Å². The van der Waals surface area contributed by atoms with Crippen LogP contribution in [0.2, 0.25) is 0 Å². The molecule has 21 heavy (non-hydrogen) atoms. The molecule has 1 aromatic heterocycles. The Balaban J connectivity index is 1.95. The van der Waals surface area contributed by atoms with Gasteiger partial charge >= 0.3 is 0 Å². The molecule has 1 aromatic carbocycles. The van der Waals surface area contributed by atoms with Crippen LogP contribution in [0.1, 0.15) is 42.5 Å². The fourth-order valence-corrected chi connectivity index (χ4v) is 2.78. The number of aromatic nitrogens is 1. The Labute approximate surface area is 126 Å². The van der Waals surface area contributed by atoms with Gasteiger partial charge in [-0.15, -0.1) is 11.3 Å². The third-order valence-corrected chi connectivity index (χ3v) is 3.99. The molecule has 0 spiro atoms. The van der Waals surface area contributed by atoms with Crippen molar-refractivity contribution in [3.63, 3.8) is 0 Å². The van der Waals surface area contributed by atoms with Crippen LogP contribution >= 0.6 is 11.3 Å². The molecule has 2 aromatic rings. The van der Waals surface area contributed by atoms with Crippen LogP contribution in [0.5, 0.6) is 0 Å². The number of aliphatic hydroxyl groups is 1. The smallest absolute Gasteiger partial charge is 0.223 e. The van der Waals surface area contributed by atoms with Crippen molar-refractivity contribution in [2.24, 2.45) is 0 Å². The highest BCUT2D eigenvalue weighted by Crippen LogP contribution is 2.21. The Morgan fingerprint density at radius 1 is 1.52 bits per heavy atom. The quantitative estimate of drug-likeness (QED) is 0.862. The van der Waals surface area contributed by atoms with Gasteiger partial charge in [-0.2, -0.15) is 0 Å². The van der Waals surface area contributed by atoms with E-state index in [2.05, 4.69) is 10.3 Å². The van der Waals surface area contributed by atoms with Crippen LogP contribution in [0, 0.1) is 5.82 Å². The Morgan fingerprint density at radius 2 is 2.33 bits per heavy atom. The molecule has 0 aliphatic rings. The molecule has 0 aliphatic heterocycles. The summed E-state index contributed by atoms with van der Waals surface area (Å²) >= 11 is 1.48. The van der Waals surface area contributed by atoms with Crippen molar-refractivity contribution in [1.29, 1.82) is 0 Å².